The molecule has 0 unspecified atom stereocenters. The number of methoxy groups -OCH3 is 1. The van der Waals surface area contributed by atoms with Gasteiger partial charge in [0.15, 0.2) is 0 Å². The number of hydrogen-bond donors (Lipinski definition) is 0. The molecule has 0 saturated carbocycles. The number of aromatic nitrogens is 3. The van der Waals surface area contributed by atoms with Gasteiger partial charge in [0.2, 0.25) is 4.96 Å². The van der Waals surface area contributed by atoms with Gasteiger partial charge in [-0.15, -0.1) is 0 Å². The van der Waals surface area contributed by atoms with Gasteiger partial charge in [-0.05, 0) is 47.0 Å². The van der Waals surface area contributed by atoms with Crippen molar-refractivity contribution in [3.05, 3.63) is 126 Å². The largest absolute Gasteiger partial charge is 0.497 e. The average molecular weight is 484 g/mol. The summed E-state index contributed by atoms with van der Waals surface area (Å²) in [6.45, 7) is 0.481. The van der Waals surface area contributed by atoms with Crippen molar-refractivity contribution in [2.45, 2.75) is 13.0 Å². The van der Waals surface area contributed by atoms with Crippen LogP contribution in [0.1, 0.15) is 22.4 Å². The van der Waals surface area contributed by atoms with Crippen LogP contribution < -0.4 is 25.1 Å². The van der Waals surface area contributed by atoms with Gasteiger partial charge in [0.1, 0.15) is 23.8 Å². The van der Waals surface area contributed by atoms with Crippen LogP contribution in [0.3, 0.4) is 0 Å². The van der Waals surface area contributed by atoms with E-state index in [0.717, 1.165) is 39.5 Å². The van der Waals surface area contributed by atoms with Gasteiger partial charge in [0, 0.05) is 6.42 Å². The first-order valence-corrected chi connectivity index (χ1v) is 11.7. The minimum absolute atomic E-state index is 0.217. The lowest BCUT2D eigenvalue weighted by Gasteiger charge is -2.06. The maximum atomic E-state index is 13.0. The molecule has 0 aliphatic carbocycles. The van der Waals surface area contributed by atoms with Gasteiger partial charge in [0.05, 0.1) is 11.6 Å². The Kier molecular flexibility index (Phi) is 6.36. The molecule has 0 aliphatic heterocycles. The second kappa shape index (κ2) is 9.90. The van der Waals surface area contributed by atoms with E-state index in [9.17, 15) is 9.59 Å². The molecule has 5 rings (SSSR count). The van der Waals surface area contributed by atoms with Crippen LogP contribution in [-0.4, -0.2) is 21.7 Å². The van der Waals surface area contributed by atoms with Gasteiger partial charge < -0.3 is 9.47 Å². The van der Waals surface area contributed by atoms with Crippen LogP contribution in [0.5, 0.6) is 11.5 Å². The van der Waals surface area contributed by atoms with E-state index in [-0.39, 0.29) is 22.6 Å². The summed E-state index contributed by atoms with van der Waals surface area (Å²) in [5.74, 6) is 1.46. The van der Waals surface area contributed by atoms with Crippen molar-refractivity contribution in [3.63, 3.8) is 0 Å². The monoisotopic (exact) mass is 483 g/mol. The molecule has 7 nitrogen and oxygen atoms in total. The molecule has 2 heterocycles. The quantitative estimate of drug-likeness (QED) is 0.354. The Balaban J connectivity index is 1.38. The maximum absolute atomic E-state index is 13.0. The van der Waals surface area contributed by atoms with E-state index in [1.54, 1.807) is 13.2 Å². The highest BCUT2D eigenvalue weighted by molar-refractivity contribution is 7.15. The summed E-state index contributed by atoms with van der Waals surface area (Å²) < 4.78 is 12.6. The predicted molar refractivity (Wildman–Crippen MR) is 135 cm³/mol. The van der Waals surface area contributed by atoms with Gasteiger partial charge in [-0.2, -0.15) is 14.6 Å². The third-order valence-corrected chi connectivity index (χ3v) is 6.37. The molecule has 0 N–H and O–H groups in total. The number of nitrogens with zero attached hydrogens (tertiary/aromatic N) is 3. The molecule has 35 heavy (non-hydrogen) atoms. The number of fused-ring (bicyclic) bond motifs is 1. The van der Waals surface area contributed by atoms with Gasteiger partial charge in [-0.25, -0.2) is 0 Å². The number of thiazole rings is 1. The summed E-state index contributed by atoms with van der Waals surface area (Å²) in [5, 5.41) is 4.31. The zero-order chi connectivity index (χ0) is 24.2. The van der Waals surface area contributed by atoms with Crippen LogP contribution >= 0.6 is 11.3 Å². The van der Waals surface area contributed by atoms with E-state index >= 15 is 0 Å². The average Bonchev–Trinajstić information content (AvgIpc) is 3.18. The summed E-state index contributed by atoms with van der Waals surface area (Å²) in [4.78, 5) is 29.8. The summed E-state index contributed by atoms with van der Waals surface area (Å²) in [6, 6.07) is 24.7. The summed E-state index contributed by atoms with van der Waals surface area (Å²) in [5.41, 5.74) is 2.27. The van der Waals surface area contributed by atoms with E-state index < -0.39 is 5.56 Å². The highest BCUT2D eigenvalue weighted by atomic mass is 32.1. The van der Waals surface area contributed by atoms with Crippen LogP contribution in [0.25, 0.3) is 11.0 Å². The Bertz CT molecular complexity index is 1630. The Labute approximate surface area is 204 Å². The molecule has 0 amide bonds. The molecule has 0 spiro atoms. The fourth-order valence-corrected chi connectivity index (χ4v) is 4.45. The predicted octanol–water partition coefficient (Wildman–Crippen LogP) is 3.24. The van der Waals surface area contributed by atoms with Crippen molar-refractivity contribution in [3.8, 4) is 11.5 Å². The number of hydrogen-bond acceptors (Lipinski definition) is 7. The van der Waals surface area contributed by atoms with Crippen LogP contribution in [0.15, 0.2) is 88.5 Å². The highest BCUT2D eigenvalue weighted by Crippen LogP contribution is 2.15. The number of rotatable bonds is 7. The Hall–Kier alpha value is -4.30. The lowest BCUT2D eigenvalue weighted by atomic mass is 10.1. The highest BCUT2D eigenvalue weighted by Gasteiger charge is 2.12. The topological polar surface area (TPSA) is 82.8 Å². The first kappa shape index (κ1) is 22.5. The first-order chi connectivity index (χ1) is 17.1. The van der Waals surface area contributed by atoms with Crippen molar-refractivity contribution in [1.29, 1.82) is 0 Å². The Morgan fingerprint density at radius 1 is 0.886 bits per heavy atom. The van der Waals surface area contributed by atoms with E-state index in [2.05, 4.69) is 10.1 Å². The Morgan fingerprint density at radius 2 is 1.60 bits per heavy atom. The molecule has 0 atom stereocenters. The SMILES string of the molecule is COc1ccc(Cc2nn3c(=O)c(=Cc4ccc(OCc5ccccc5)cc4)sc3nc2=O)cc1. The molecular weight excluding hydrogens is 462 g/mol. The third-order valence-electron chi connectivity index (χ3n) is 5.41. The molecule has 0 aliphatic rings. The van der Waals surface area contributed by atoms with Crippen molar-refractivity contribution < 1.29 is 9.47 Å². The lowest BCUT2D eigenvalue weighted by molar-refractivity contribution is 0.306. The molecular formula is C27H21N3O4S. The van der Waals surface area contributed by atoms with Crippen LogP contribution in [-0.2, 0) is 13.0 Å². The molecule has 0 radical (unpaired) electrons. The van der Waals surface area contributed by atoms with Gasteiger partial charge in [-0.1, -0.05) is 65.9 Å². The van der Waals surface area contributed by atoms with Crippen molar-refractivity contribution in [1.82, 2.24) is 14.6 Å². The van der Waals surface area contributed by atoms with E-state index in [4.69, 9.17) is 9.47 Å². The lowest BCUT2D eigenvalue weighted by Crippen LogP contribution is -2.28. The normalized spacial score (nSPS) is 11.6. The standard InChI is InChI=1S/C27H21N3O4S/c1-33-21-11-7-18(8-12-21)15-23-25(31)28-27-30(29-23)26(32)24(35-27)16-19-9-13-22(14-10-19)34-17-20-5-3-2-4-6-20/h2-14,16H,15,17H2,1H3. The van der Waals surface area contributed by atoms with Gasteiger partial charge in [0.25, 0.3) is 11.1 Å². The molecule has 0 fully saturated rings. The van der Waals surface area contributed by atoms with Gasteiger partial charge >= 0.3 is 0 Å². The summed E-state index contributed by atoms with van der Waals surface area (Å²) in [7, 11) is 1.59. The zero-order valence-electron chi connectivity index (χ0n) is 18.9. The minimum Gasteiger partial charge on any atom is -0.497 e. The summed E-state index contributed by atoms with van der Waals surface area (Å²) >= 11 is 1.14. The van der Waals surface area contributed by atoms with Crippen molar-refractivity contribution in [2.24, 2.45) is 0 Å². The molecule has 3 aromatic carbocycles. The Morgan fingerprint density at radius 3 is 2.31 bits per heavy atom. The van der Waals surface area contributed by atoms with Crippen molar-refractivity contribution >= 4 is 22.4 Å². The summed E-state index contributed by atoms with van der Waals surface area (Å²) in [6.07, 6.45) is 2.04. The fraction of sp³-hybridized carbons (Fsp3) is 0.111. The zero-order valence-corrected chi connectivity index (χ0v) is 19.7. The van der Waals surface area contributed by atoms with E-state index in [0.29, 0.717) is 11.1 Å². The molecule has 2 aromatic heterocycles. The molecule has 0 bridgehead atoms. The van der Waals surface area contributed by atoms with Gasteiger partial charge in [-0.3, -0.25) is 9.59 Å². The molecule has 0 saturated heterocycles. The minimum atomic E-state index is -0.437. The number of benzene rings is 3. The molecule has 8 heteroatoms. The van der Waals surface area contributed by atoms with Crippen LogP contribution in [0.4, 0.5) is 0 Å². The second-order valence-electron chi connectivity index (χ2n) is 7.84. The van der Waals surface area contributed by atoms with E-state index in [1.165, 1.54) is 4.52 Å². The third kappa shape index (κ3) is 5.12. The fourth-order valence-electron chi connectivity index (χ4n) is 3.54. The maximum Gasteiger partial charge on any atom is 0.296 e. The first-order valence-electron chi connectivity index (χ1n) is 10.9. The molecule has 5 aromatic rings. The van der Waals surface area contributed by atoms with Crippen LogP contribution in [0, 0.1) is 0 Å². The number of ether oxygens (including phenoxy) is 2. The van der Waals surface area contributed by atoms with Crippen LogP contribution in [0.2, 0.25) is 0 Å². The van der Waals surface area contributed by atoms with E-state index in [1.807, 2.05) is 78.9 Å². The van der Waals surface area contributed by atoms with Crippen molar-refractivity contribution in [2.75, 3.05) is 7.11 Å². The second-order valence-corrected chi connectivity index (χ2v) is 8.85. The molecule has 174 valence electrons. The smallest absolute Gasteiger partial charge is 0.296 e.